The van der Waals surface area contributed by atoms with E-state index >= 15 is 0 Å². The molecule has 1 heterocycles. The molecular weight excluding hydrogens is 144 g/mol. The molecule has 1 rings (SSSR count). The van der Waals surface area contributed by atoms with E-state index in [1.165, 1.54) is 0 Å². The summed E-state index contributed by atoms with van der Waals surface area (Å²) in [4.78, 5) is 2.57. The van der Waals surface area contributed by atoms with E-state index in [0.29, 0.717) is 5.90 Å². The van der Waals surface area contributed by atoms with Gasteiger partial charge in [-0.15, -0.1) is 0 Å². The molecule has 1 N–H and O–H groups in total. The predicted octanol–water partition coefficient (Wildman–Crippen LogP) is 1.36. The van der Waals surface area contributed by atoms with E-state index in [1.807, 2.05) is 0 Å². The largest absolute Gasteiger partial charge is 0.306 e. The molecule has 1 fully saturated rings. The second-order valence-electron chi connectivity index (χ2n) is 2.44. The van der Waals surface area contributed by atoms with Crippen LogP contribution in [0.25, 0.3) is 0 Å². The van der Waals surface area contributed by atoms with Gasteiger partial charge in [-0.25, -0.2) is 4.86 Å². The average Bonchev–Trinajstić information content (AvgIpc) is 1.20. The van der Waals surface area contributed by atoms with Crippen LogP contribution in [-0.2, 0) is 9.13 Å². The molecule has 48 valence electrons. The van der Waals surface area contributed by atoms with Crippen LogP contribution < -0.4 is 4.86 Å². The third kappa shape index (κ3) is 1.22. The summed E-state index contributed by atoms with van der Waals surface area (Å²) in [6.45, 7) is 3.24. The van der Waals surface area contributed by atoms with Gasteiger partial charge in [-0.1, -0.05) is 0 Å². The van der Waals surface area contributed by atoms with Crippen molar-refractivity contribution in [2.24, 2.45) is 0 Å². The molecular formula is C3H9NO2P2. The van der Waals surface area contributed by atoms with Gasteiger partial charge in [-0.2, -0.15) is 0 Å². The van der Waals surface area contributed by atoms with Crippen molar-refractivity contribution in [1.82, 2.24) is 4.86 Å². The van der Waals surface area contributed by atoms with Crippen molar-refractivity contribution in [3.05, 3.63) is 0 Å². The number of nitrogens with one attached hydrogen (secondary N) is 1. The second-order valence-corrected chi connectivity index (χ2v) is 8.78. The highest BCUT2D eigenvalue weighted by Gasteiger charge is 2.40. The zero-order valence-corrected chi connectivity index (χ0v) is 6.71. The fourth-order valence-corrected chi connectivity index (χ4v) is 8.53. The SMILES string of the molecule is CP1(=O)CP(C)(=O)N1. The quantitative estimate of drug-likeness (QED) is 0.534. The summed E-state index contributed by atoms with van der Waals surface area (Å²) in [5.41, 5.74) is 0. The lowest BCUT2D eigenvalue weighted by Gasteiger charge is -2.31. The second kappa shape index (κ2) is 1.47. The molecule has 5 heteroatoms. The van der Waals surface area contributed by atoms with E-state index in [9.17, 15) is 9.13 Å². The van der Waals surface area contributed by atoms with Gasteiger partial charge in [0.05, 0.1) is 5.90 Å². The van der Waals surface area contributed by atoms with Gasteiger partial charge in [0.15, 0.2) is 14.6 Å². The van der Waals surface area contributed by atoms with Crippen LogP contribution in [0.5, 0.6) is 0 Å². The van der Waals surface area contributed by atoms with Crippen molar-refractivity contribution in [2.45, 2.75) is 0 Å². The van der Waals surface area contributed by atoms with Crippen molar-refractivity contribution in [1.29, 1.82) is 0 Å². The summed E-state index contributed by atoms with van der Waals surface area (Å²) in [5, 5.41) is 0. The van der Waals surface area contributed by atoms with Gasteiger partial charge < -0.3 is 9.13 Å². The molecule has 0 aromatic rings. The first-order chi connectivity index (χ1) is 3.41. The highest BCUT2D eigenvalue weighted by Crippen LogP contribution is 2.68. The summed E-state index contributed by atoms with van der Waals surface area (Å²) >= 11 is 0. The number of rotatable bonds is 0. The van der Waals surface area contributed by atoms with E-state index in [-0.39, 0.29) is 0 Å². The molecule has 2 unspecified atom stereocenters. The minimum absolute atomic E-state index is 0.403. The molecule has 0 aromatic heterocycles. The molecule has 0 aromatic carbocycles. The van der Waals surface area contributed by atoms with Gasteiger partial charge >= 0.3 is 0 Å². The lowest BCUT2D eigenvalue weighted by atomic mass is 11.8. The van der Waals surface area contributed by atoms with Crippen molar-refractivity contribution in [2.75, 3.05) is 19.2 Å². The Hall–Kier alpha value is 0.420. The van der Waals surface area contributed by atoms with Crippen LogP contribution in [0.2, 0.25) is 0 Å². The zero-order chi connectivity index (χ0) is 6.41. The molecule has 1 aliphatic heterocycles. The van der Waals surface area contributed by atoms with Gasteiger partial charge in [0.2, 0.25) is 0 Å². The van der Waals surface area contributed by atoms with Crippen LogP contribution in [0.1, 0.15) is 0 Å². The van der Waals surface area contributed by atoms with E-state index in [2.05, 4.69) is 4.86 Å². The van der Waals surface area contributed by atoms with Crippen LogP contribution in [0.15, 0.2) is 0 Å². The van der Waals surface area contributed by atoms with Crippen molar-refractivity contribution in [3.8, 4) is 0 Å². The first-order valence-corrected chi connectivity index (χ1v) is 7.02. The minimum Gasteiger partial charge on any atom is -0.306 e. The van der Waals surface area contributed by atoms with Crippen molar-refractivity contribution in [3.63, 3.8) is 0 Å². The van der Waals surface area contributed by atoms with Crippen molar-refractivity contribution < 1.29 is 9.13 Å². The molecule has 0 radical (unpaired) electrons. The maximum absolute atomic E-state index is 10.8. The third-order valence-electron chi connectivity index (χ3n) is 0.963. The number of hydrogen-bond acceptors (Lipinski definition) is 2. The minimum atomic E-state index is -2.10. The first kappa shape index (κ1) is 6.54. The summed E-state index contributed by atoms with van der Waals surface area (Å²) in [7, 11) is -4.20. The van der Waals surface area contributed by atoms with Crippen LogP contribution in [0, 0.1) is 0 Å². The molecule has 0 spiro atoms. The van der Waals surface area contributed by atoms with Gasteiger partial charge in [0.1, 0.15) is 0 Å². The monoisotopic (exact) mass is 153 g/mol. The lowest BCUT2D eigenvalue weighted by Crippen LogP contribution is -2.21. The van der Waals surface area contributed by atoms with Gasteiger partial charge in [0, 0.05) is 13.3 Å². The lowest BCUT2D eigenvalue weighted by molar-refractivity contribution is 0.556. The molecule has 0 aliphatic carbocycles. The van der Waals surface area contributed by atoms with Crippen LogP contribution in [-0.4, -0.2) is 19.2 Å². The number of hydrogen-bond donors (Lipinski definition) is 1. The highest BCUT2D eigenvalue weighted by molar-refractivity contribution is 7.92. The van der Waals surface area contributed by atoms with Crippen LogP contribution in [0.4, 0.5) is 0 Å². The molecule has 3 nitrogen and oxygen atoms in total. The third-order valence-corrected chi connectivity index (χ3v) is 8.67. The molecule has 0 amide bonds. The fraction of sp³-hybridized carbons (Fsp3) is 1.00. The summed E-state index contributed by atoms with van der Waals surface area (Å²) in [6, 6.07) is 0. The van der Waals surface area contributed by atoms with Gasteiger partial charge in [0.25, 0.3) is 0 Å². The Labute approximate surface area is 48.7 Å². The molecule has 1 aliphatic rings. The average molecular weight is 153 g/mol. The Balaban J connectivity index is 2.68. The van der Waals surface area contributed by atoms with Crippen LogP contribution >= 0.6 is 14.6 Å². The van der Waals surface area contributed by atoms with E-state index < -0.39 is 14.6 Å². The fourth-order valence-electron chi connectivity index (χ4n) is 0.948. The molecule has 0 saturated carbocycles. The van der Waals surface area contributed by atoms with Crippen molar-refractivity contribution >= 4 is 14.6 Å². The maximum Gasteiger partial charge on any atom is 0.158 e. The Kier molecular flexibility index (Phi) is 1.20. The molecule has 2 atom stereocenters. The molecule has 1 saturated heterocycles. The van der Waals surface area contributed by atoms with E-state index in [4.69, 9.17) is 0 Å². The van der Waals surface area contributed by atoms with Gasteiger partial charge in [-0.05, 0) is 0 Å². The Morgan fingerprint density at radius 2 is 1.50 bits per heavy atom. The Morgan fingerprint density at radius 1 is 1.25 bits per heavy atom. The van der Waals surface area contributed by atoms with Crippen LogP contribution in [0.3, 0.4) is 0 Å². The normalized spacial score (nSPS) is 55.2. The smallest absolute Gasteiger partial charge is 0.158 e. The van der Waals surface area contributed by atoms with Gasteiger partial charge in [-0.3, -0.25) is 0 Å². The maximum atomic E-state index is 10.8. The first-order valence-electron chi connectivity index (χ1n) is 2.34. The predicted molar refractivity (Wildman–Crippen MR) is 35.1 cm³/mol. The zero-order valence-electron chi connectivity index (χ0n) is 4.92. The summed E-state index contributed by atoms with van der Waals surface area (Å²) in [6.07, 6.45) is 0. The Bertz CT molecular complexity index is 165. The summed E-state index contributed by atoms with van der Waals surface area (Å²) < 4.78 is 21.6. The summed E-state index contributed by atoms with van der Waals surface area (Å²) in [5.74, 6) is 0.403. The molecule has 0 bridgehead atoms. The standard InChI is InChI=1S/C3H9NO2P2/c1-7(5)3-8(2,6)4-7/h3H2,1-2H3,(H,4,5,6). The highest BCUT2D eigenvalue weighted by atomic mass is 31.3. The van der Waals surface area contributed by atoms with E-state index in [1.54, 1.807) is 13.3 Å². The molecule has 8 heavy (non-hydrogen) atoms. The van der Waals surface area contributed by atoms with E-state index in [0.717, 1.165) is 0 Å². The topological polar surface area (TPSA) is 46.2 Å². The Morgan fingerprint density at radius 3 is 1.50 bits per heavy atom.